The van der Waals surface area contributed by atoms with E-state index in [4.69, 9.17) is 9.47 Å². The molecule has 3 rings (SSSR count). The maximum atomic E-state index is 6.10. The van der Waals surface area contributed by atoms with Crippen molar-refractivity contribution in [3.05, 3.63) is 11.5 Å². The van der Waals surface area contributed by atoms with Crippen LogP contribution in [0.5, 0.6) is 0 Å². The molecule has 0 spiro atoms. The van der Waals surface area contributed by atoms with Crippen LogP contribution in [0, 0.1) is 0 Å². The Hall–Kier alpha value is -0.660. The molecule has 0 aliphatic heterocycles. The van der Waals surface area contributed by atoms with Gasteiger partial charge >= 0.3 is 0 Å². The number of allylic oxidation sites excluding steroid dienone is 2. The minimum Gasteiger partial charge on any atom is -0.491 e. The molecule has 17 heavy (non-hydrogen) atoms. The molecule has 2 fully saturated rings. The summed E-state index contributed by atoms with van der Waals surface area (Å²) in [6, 6.07) is 0. The van der Waals surface area contributed by atoms with Gasteiger partial charge in [0.05, 0.1) is 12.2 Å². The van der Waals surface area contributed by atoms with Gasteiger partial charge in [0.2, 0.25) is 0 Å². The van der Waals surface area contributed by atoms with Crippen molar-refractivity contribution in [1.29, 1.82) is 0 Å². The molecule has 0 unspecified atom stereocenters. The van der Waals surface area contributed by atoms with Crippen molar-refractivity contribution >= 4 is 0 Å². The molecule has 2 nitrogen and oxygen atoms in total. The van der Waals surface area contributed by atoms with Gasteiger partial charge in [0.15, 0.2) is 0 Å². The molecular formula is C15H24O2. The Balaban J connectivity index is 1.51. The van der Waals surface area contributed by atoms with Crippen molar-refractivity contribution in [3.8, 4) is 0 Å². The average Bonchev–Trinajstić information content (AvgIpc) is 2.86. The predicted octanol–water partition coefficient (Wildman–Crippen LogP) is 4.30. The third-order valence-corrected chi connectivity index (χ3v) is 4.36. The fourth-order valence-electron chi connectivity index (χ4n) is 3.17. The Bertz CT molecular complexity index is 283. The third-order valence-electron chi connectivity index (χ3n) is 4.36. The summed E-state index contributed by atoms with van der Waals surface area (Å²) in [5.41, 5.74) is 0. The second kappa shape index (κ2) is 5.32. The van der Waals surface area contributed by atoms with Crippen molar-refractivity contribution in [2.45, 2.75) is 82.8 Å². The van der Waals surface area contributed by atoms with Crippen LogP contribution in [0.4, 0.5) is 0 Å². The highest BCUT2D eigenvalue weighted by atomic mass is 16.5. The largest absolute Gasteiger partial charge is 0.491 e. The Kier molecular flexibility index (Phi) is 3.58. The molecule has 0 amide bonds. The summed E-state index contributed by atoms with van der Waals surface area (Å²) in [5, 5.41) is 0. The van der Waals surface area contributed by atoms with E-state index in [1.54, 1.807) is 0 Å². The second-order valence-corrected chi connectivity index (χ2v) is 5.75. The average molecular weight is 236 g/mol. The third kappa shape index (κ3) is 2.78. The Morgan fingerprint density at radius 1 is 0.588 bits per heavy atom. The Morgan fingerprint density at radius 3 is 1.41 bits per heavy atom. The van der Waals surface area contributed by atoms with Crippen LogP contribution >= 0.6 is 0 Å². The highest BCUT2D eigenvalue weighted by molar-refractivity contribution is 5.14. The van der Waals surface area contributed by atoms with Crippen LogP contribution in [-0.4, -0.2) is 12.2 Å². The van der Waals surface area contributed by atoms with Gasteiger partial charge < -0.3 is 9.47 Å². The molecule has 0 aromatic carbocycles. The standard InChI is InChI=1S/C15H24O2/c1-2-6-12(7-3-1)16-14-10-11-15(14)17-13-8-4-5-9-13/h12-13H,1-11H2. The Morgan fingerprint density at radius 2 is 1.00 bits per heavy atom. The first-order valence-corrected chi connectivity index (χ1v) is 7.47. The lowest BCUT2D eigenvalue weighted by Gasteiger charge is -2.31. The zero-order chi connectivity index (χ0) is 11.5. The highest BCUT2D eigenvalue weighted by Gasteiger charge is 2.27. The van der Waals surface area contributed by atoms with E-state index in [9.17, 15) is 0 Å². The van der Waals surface area contributed by atoms with Gasteiger partial charge in [0, 0.05) is 12.8 Å². The molecule has 2 heteroatoms. The van der Waals surface area contributed by atoms with E-state index in [2.05, 4.69) is 0 Å². The van der Waals surface area contributed by atoms with Gasteiger partial charge in [-0.2, -0.15) is 0 Å². The molecule has 3 aliphatic rings. The molecular weight excluding hydrogens is 212 g/mol. The molecule has 0 aromatic rings. The van der Waals surface area contributed by atoms with Gasteiger partial charge in [0.1, 0.15) is 11.5 Å². The number of ether oxygens (including phenoxy) is 2. The fourth-order valence-corrected chi connectivity index (χ4v) is 3.17. The SMILES string of the molecule is C1CCC(OC2=C(OC3CCCC3)CC2)CC1. The number of hydrogen-bond acceptors (Lipinski definition) is 2. The topological polar surface area (TPSA) is 18.5 Å². The van der Waals surface area contributed by atoms with Crippen LogP contribution in [-0.2, 0) is 9.47 Å². The monoisotopic (exact) mass is 236 g/mol. The van der Waals surface area contributed by atoms with Crippen LogP contribution in [0.25, 0.3) is 0 Å². The van der Waals surface area contributed by atoms with Crippen LogP contribution < -0.4 is 0 Å². The molecule has 0 heterocycles. The normalized spacial score (nSPS) is 27.1. The van der Waals surface area contributed by atoms with Crippen molar-refractivity contribution < 1.29 is 9.47 Å². The van der Waals surface area contributed by atoms with E-state index in [-0.39, 0.29) is 0 Å². The maximum Gasteiger partial charge on any atom is 0.134 e. The first-order valence-electron chi connectivity index (χ1n) is 7.47. The van der Waals surface area contributed by atoms with Gasteiger partial charge in [-0.25, -0.2) is 0 Å². The lowest BCUT2D eigenvalue weighted by atomic mass is 9.97. The summed E-state index contributed by atoms with van der Waals surface area (Å²) in [6.45, 7) is 0. The summed E-state index contributed by atoms with van der Waals surface area (Å²) in [6.07, 6.45) is 15.0. The lowest BCUT2D eigenvalue weighted by molar-refractivity contribution is 0.0251. The Labute approximate surface area is 104 Å². The van der Waals surface area contributed by atoms with Crippen molar-refractivity contribution in [3.63, 3.8) is 0 Å². The van der Waals surface area contributed by atoms with Gasteiger partial charge in [-0.1, -0.05) is 6.42 Å². The first kappa shape index (κ1) is 11.4. The highest BCUT2D eigenvalue weighted by Crippen LogP contribution is 2.36. The quantitative estimate of drug-likeness (QED) is 0.724. The van der Waals surface area contributed by atoms with E-state index in [1.807, 2.05) is 0 Å². The zero-order valence-corrected chi connectivity index (χ0v) is 10.7. The van der Waals surface area contributed by atoms with E-state index in [1.165, 1.54) is 69.3 Å². The van der Waals surface area contributed by atoms with Crippen molar-refractivity contribution in [2.75, 3.05) is 0 Å². The summed E-state index contributed by atoms with van der Waals surface area (Å²) in [4.78, 5) is 0. The van der Waals surface area contributed by atoms with Crippen LogP contribution in [0.15, 0.2) is 11.5 Å². The second-order valence-electron chi connectivity index (χ2n) is 5.75. The number of rotatable bonds is 4. The summed E-state index contributed by atoms with van der Waals surface area (Å²) in [5.74, 6) is 2.37. The van der Waals surface area contributed by atoms with Crippen LogP contribution in [0.3, 0.4) is 0 Å². The first-order chi connectivity index (χ1) is 8.42. The molecule has 0 radical (unpaired) electrons. The van der Waals surface area contributed by atoms with Gasteiger partial charge in [0.25, 0.3) is 0 Å². The lowest BCUT2D eigenvalue weighted by Crippen LogP contribution is -2.22. The van der Waals surface area contributed by atoms with Crippen LogP contribution in [0.2, 0.25) is 0 Å². The molecule has 3 aliphatic carbocycles. The van der Waals surface area contributed by atoms with Gasteiger partial charge in [-0.3, -0.25) is 0 Å². The molecule has 96 valence electrons. The van der Waals surface area contributed by atoms with E-state index >= 15 is 0 Å². The minimum atomic E-state index is 0.487. The summed E-state index contributed by atoms with van der Waals surface area (Å²) < 4.78 is 12.2. The summed E-state index contributed by atoms with van der Waals surface area (Å²) in [7, 11) is 0. The maximum absolute atomic E-state index is 6.10. The van der Waals surface area contributed by atoms with Gasteiger partial charge in [-0.15, -0.1) is 0 Å². The van der Waals surface area contributed by atoms with E-state index in [0.717, 1.165) is 12.8 Å². The molecule has 0 atom stereocenters. The smallest absolute Gasteiger partial charge is 0.134 e. The zero-order valence-electron chi connectivity index (χ0n) is 10.7. The summed E-state index contributed by atoms with van der Waals surface area (Å²) >= 11 is 0. The molecule has 0 bridgehead atoms. The van der Waals surface area contributed by atoms with Crippen LogP contribution in [0.1, 0.15) is 70.6 Å². The molecule has 2 saturated carbocycles. The number of hydrogen-bond donors (Lipinski definition) is 0. The molecule has 0 saturated heterocycles. The molecule has 0 N–H and O–H groups in total. The predicted molar refractivity (Wildman–Crippen MR) is 67.6 cm³/mol. The van der Waals surface area contributed by atoms with Crippen molar-refractivity contribution in [2.24, 2.45) is 0 Å². The van der Waals surface area contributed by atoms with E-state index < -0.39 is 0 Å². The fraction of sp³-hybridized carbons (Fsp3) is 0.867. The minimum absolute atomic E-state index is 0.487. The van der Waals surface area contributed by atoms with E-state index in [0.29, 0.717) is 12.2 Å². The van der Waals surface area contributed by atoms with Gasteiger partial charge in [-0.05, 0) is 51.4 Å². The van der Waals surface area contributed by atoms with Crippen molar-refractivity contribution in [1.82, 2.24) is 0 Å². The molecule has 0 aromatic heterocycles.